The molecule has 1 amide bonds. The van der Waals surface area contributed by atoms with Crippen LogP contribution in [0, 0.1) is 11.8 Å². The second-order valence-electron chi connectivity index (χ2n) is 4.16. The van der Waals surface area contributed by atoms with Crippen molar-refractivity contribution in [3.8, 4) is 11.8 Å². The Balaban J connectivity index is 2.32. The second kappa shape index (κ2) is 9.96. The zero-order chi connectivity index (χ0) is 14.6. The Kier molecular flexibility index (Phi) is 8.04. The molecular weight excluding hydrogens is 254 g/mol. The third kappa shape index (κ3) is 6.32. The van der Waals surface area contributed by atoms with Gasteiger partial charge in [-0.05, 0) is 18.6 Å². The predicted molar refractivity (Wildman–Crippen MR) is 78.2 cm³/mol. The van der Waals surface area contributed by atoms with Gasteiger partial charge in [0.1, 0.15) is 5.69 Å². The van der Waals surface area contributed by atoms with Crippen LogP contribution >= 0.6 is 0 Å². The summed E-state index contributed by atoms with van der Waals surface area (Å²) in [4.78, 5) is 15.8. The van der Waals surface area contributed by atoms with Crippen molar-refractivity contribution in [1.29, 1.82) is 0 Å². The molecule has 108 valence electrons. The van der Waals surface area contributed by atoms with Crippen LogP contribution in [0.1, 0.15) is 35.8 Å². The molecule has 5 heteroatoms. The summed E-state index contributed by atoms with van der Waals surface area (Å²) in [6.45, 7) is 4.16. The van der Waals surface area contributed by atoms with Crippen molar-refractivity contribution in [3.05, 3.63) is 29.6 Å². The quantitative estimate of drug-likeness (QED) is 0.573. The van der Waals surface area contributed by atoms with E-state index in [1.165, 1.54) is 0 Å². The van der Waals surface area contributed by atoms with Crippen molar-refractivity contribution in [3.63, 3.8) is 0 Å². The molecule has 0 saturated carbocycles. The van der Waals surface area contributed by atoms with Crippen LogP contribution in [0.5, 0.6) is 0 Å². The van der Waals surface area contributed by atoms with Crippen molar-refractivity contribution in [2.75, 3.05) is 26.3 Å². The fourth-order valence-corrected chi connectivity index (χ4v) is 1.43. The molecule has 1 heterocycles. The summed E-state index contributed by atoms with van der Waals surface area (Å²) in [5, 5.41) is 2.76. The molecule has 0 unspecified atom stereocenters. The van der Waals surface area contributed by atoms with Gasteiger partial charge in [-0.1, -0.05) is 25.2 Å². The summed E-state index contributed by atoms with van der Waals surface area (Å²) in [5.41, 5.74) is 6.40. The van der Waals surface area contributed by atoms with Crippen LogP contribution in [0.2, 0.25) is 0 Å². The Morgan fingerprint density at radius 1 is 1.45 bits per heavy atom. The van der Waals surface area contributed by atoms with E-state index in [4.69, 9.17) is 10.5 Å². The maximum atomic E-state index is 11.8. The van der Waals surface area contributed by atoms with Crippen LogP contribution in [0.25, 0.3) is 0 Å². The third-order valence-electron chi connectivity index (χ3n) is 2.51. The van der Waals surface area contributed by atoms with Crippen LogP contribution in [-0.4, -0.2) is 37.2 Å². The molecule has 0 radical (unpaired) electrons. The summed E-state index contributed by atoms with van der Waals surface area (Å²) in [5.74, 6) is 5.38. The molecule has 0 bridgehead atoms. The summed E-state index contributed by atoms with van der Waals surface area (Å²) in [7, 11) is 0. The highest BCUT2D eigenvalue weighted by Gasteiger charge is 2.05. The largest absolute Gasteiger partial charge is 0.380 e. The monoisotopic (exact) mass is 275 g/mol. The first kappa shape index (κ1) is 16.2. The van der Waals surface area contributed by atoms with Gasteiger partial charge in [0.05, 0.1) is 13.2 Å². The number of nitrogens with two attached hydrogens (primary N) is 1. The number of ether oxygens (including phenoxy) is 1. The highest BCUT2D eigenvalue weighted by molar-refractivity contribution is 5.92. The molecule has 1 aromatic rings. The Morgan fingerprint density at radius 3 is 2.95 bits per heavy atom. The van der Waals surface area contributed by atoms with Crippen LogP contribution in [-0.2, 0) is 4.74 Å². The molecule has 0 aliphatic rings. The van der Waals surface area contributed by atoms with Crippen LogP contribution in [0.4, 0.5) is 0 Å². The average molecular weight is 275 g/mol. The number of amides is 1. The van der Waals surface area contributed by atoms with E-state index in [1.807, 2.05) is 0 Å². The van der Waals surface area contributed by atoms with Gasteiger partial charge < -0.3 is 15.8 Å². The fourth-order valence-electron chi connectivity index (χ4n) is 1.43. The zero-order valence-corrected chi connectivity index (χ0v) is 11.8. The highest BCUT2D eigenvalue weighted by atomic mass is 16.5. The lowest BCUT2D eigenvalue weighted by atomic mass is 10.2. The first-order valence-electron chi connectivity index (χ1n) is 6.79. The van der Waals surface area contributed by atoms with Gasteiger partial charge in [0, 0.05) is 24.9 Å². The summed E-state index contributed by atoms with van der Waals surface area (Å²) < 4.78 is 5.36. The molecule has 20 heavy (non-hydrogen) atoms. The number of unbranched alkanes of at least 4 members (excludes halogenated alkanes) is 1. The minimum Gasteiger partial charge on any atom is -0.380 e. The van der Waals surface area contributed by atoms with Crippen molar-refractivity contribution in [1.82, 2.24) is 10.3 Å². The molecule has 5 nitrogen and oxygen atoms in total. The number of carbonyl (C=O) groups excluding carboxylic acids is 1. The second-order valence-corrected chi connectivity index (χ2v) is 4.16. The maximum absolute atomic E-state index is 11.8. The van der Waals surface area contributed by atoms with Crippen LogP contribution < -0.4 is 11.1 Å². The standard InChI is InChI=1S/C15H21N3O2/c1-2-3-10-20-11-9-17-15(19)14-7-6-13(12-18-14)5-4-8-16/h6-7,12H,2-3,8-11,16H2,1H3,(H,17,19). The topological polar surface area (TPSA) is 77.2 Å². The molecule has 0 saturated heterocycles. The lowest BCUT2D eigenvalue weighted by molar-refractivity contribution is 0.0908. The van der Waals surface area contributed by atoms with E-state index >= 15 is 0 Å². The Bertz CT molecular complexity index is 460. The number of carbonyl (C=O) groups is 1. The SMILES string of the molecule is CCCCOCCNC(=O)c1ccc(C#CCN)cn1. The van der Waals surface area contributed by atoms with Gasteiger partial charge in [-0.2, -0.15) is 0 Å². The van der Waals surface area contributed by atoms with E-state index in [0.29, 0.717) is 25.4 Å². The highest BCUT2D eigenvalue weighted by Crippen LogP contribution is 1.98. The number of hydrogen-bond donors (Lipinski definition) is 2. The molecule has 0 aliphatic carbocycles. The summed E-state index contributed by atoms with van der Waals surface area (Å²) in [6.07, 6.45) is 3.71. The molecule has 0 atom stereocenters. The van der Waals surface area contributed by atoms with Crippen molar-refractivity contribution in [2.24, 2.45) is 5.73 Å². The number of pyridine rings is 1. The number of aromatic nitrogens is 1. The average Bonchev–Trinajstić information content (AvgIpc) is 2.49. The Morgan fingerprint density at radius 2 is 2.30 bits per heavy atom. The van der Waals surface area contributed by atoms with Crippen molar-refractivity contribution >= 4 is 5.91 Å². The number of rotatable bonds is 7. The van der Waals surface area contributed by atoms with E-state index in [0.717, 1.165) is 25.0 Å². The van der Waals surface area contributed by atoms with Gasteiger partial charge >= 0.3 is 0 Å². The minimum atomic E-state index is -0.206. The molecule has 1 aromatic heterocycles. The number of nitrogens with zero attached hydrogens (tertiary/aromatic N) is 1. The first-order valence-corrected chi connectivity index (χ1v) is 6.79. The third-order valence-corrected chi connectivity index (χ3v) is 2.51. The minimum absolute atomic E-state index is 0.206. The van der Waals surface area contributed by atoms with Gasteiger partial charge in [-0.25, -0.2) is 4.98 Å². The Hall–Kier alpha value is -1.90. The van der Waals surface area contributed by atoms with E-state index in [1.54, 1.807) is 18.3 Å². The Labute approximate surface area is 119 Å². The zero-order valence-electron chi connectivity index (χ0n) is 11.8. The van der Waals surface area contributed by atoms with E-state index < -0.39 is 0 Å². The molecule has 0 aromatic carbocycles. The molecule has 3 N–H and O–H groups in total. The summed E-state index contributed by atoms with van der Waals surface area (Å²) in [6, 6.07) is 3.40. The van der Waals surface area contributed by atoms with Crippen LogP contribution in [0.15, 0.2) is 18.3 Å². The molecular formula is C15H21N3O2. The predicted octanol–water partition coefficient (Wildman–Crippen LogP) is 0.938. The van der Waals surface area contributed by atoms with Gasteiger partial charge in [0.25, 0.3) is 5.91 Å². The number of hydrogen-bond acceptors (Lipinski definition) is 4. The maximum Gasteiger partial charge on any atom is 0.269 e. The van der Waals surface area contributed by atoms with Gasteiger partial charge in [-0.15, -0.1) is 0 Å². The lowest BCUT2D eigenvalue weighted by Crippen LogP contribution is -2.28. The fraction of sp³-hybridized carbons (Fsp3) is 0.467. The first-order chi connectivity index (χ1) is 9.77. The van der Waals surface area contributed by atoms with Crippen LogP contribution in [0.3, 0.4) is 0 Å². The molecule has 0 fully saturated rings. The lowest BCUT2D eigenvalue weighted by Gasteiger charge is -2.05. The molecule has 0 spiro atoms. The molecule has 0 aliphatic heterocycles. The van der Waals surface area contributed by atoms with Crippen molar-refractivity contribution < 1.29 is 9.53 Å². The van der Waals surface area contributed by atoms with E-state index in [2.05, 4.69) is 29.1 Å². The van der Waals surface area contributed by atoms with Gasteiger partial charge in [0.15, 0.2) is 0 Å². The van der Waals surface area contributed by atoms with Gasteiger partial charge in [-0.3, -0.25) is 4.79 Å². The normalized spacial score (nSPS) is 9.70. The van der Waals surface area contributed by atoms with Crippen molar-refractivity contribution in [2.45, 2.75) is 19.8 Å². The smallest absolute Gasteiger partial charge is 0.269 e. The van der Waals surface area contributed by atoms with E-state index in [9.17, 15) is 4.79 Å². The molecule has 1 rings (SSSR count). The van der Waals surface area contributed by atoms with Gasteiger partial charge in [0.2, 0.25) is 0 Å². The summed E-state index contributed by atoms with van der Waals surface area (Å²) >= 11 is 0. The number of nitrogens with one attached hydrogen (secondary N) is 1. The van der Waals surface area contributed by atoms with E-state index in [-0.39, 0.29) is 5.91 Å².